The number of hydrogen-bond donors (Lipinski definition) is 0. The van der Waals surface area contributed by atoms with Crippen molar-refractivity contribution in [3.8, 4) is 0 Å². The van der Waals surface area contributed by atoms with Crippen LogP contribution in [-0.4, -0.2) is 75.3 Å². The van der Waals surface area contributed by atoms with E-state index in [0.717, 1.165) is 37.1 Å². The van der Waals surface area contributed by atoms with Crippen molar-refractivity contribution >= 4 is 56.5 Å². The van der Waals surface area contributed by atoms with Gasteiger partial charge in [0.2, 0.25) is 12.1 Å². The van der Waals surface area contributed by atoms with Crippen molar-refractivity contribution in [3.05, 3.63) is 20.2 Å². The molecule has 10 nitrogen and oxygen atoms in total. The first kappa shape index (κ1) is 51.0. The molecule has 314 valence electrons. The average Bonchev–Trinajstić information content (AvgIpc) is 3.02. The third kappa shape index (κ3) is 18.4. The first-order chi connectivity index (χ1) is 24.4. The van der Waals surface area contributed by atoms with Gasteiger partial charge in [0.15, 0.2) is 16.6 Å². The minimum absolute atomic E-state index is 0.0328. The Morgan fingerprint density at radius 1 is 0.623 bits per heavy atom. The van der Waals surface area contributed by atoms with Gasteiger partial charge in [-0.15, -0.1) is 0 Å². The number of halogens is 2. The molecule has 0 heterocycles. The normalized spacial score (nSPS) is 27.8. The number of rotatable bonds is 19. The summed E-state index contributed by atoms with van der Waals surface area (Å²) in [6.07, 6.45) is 5.27. The van der Waals surface area contributed by atoms with E-state index in [1.165, 1.54) is 10.9 Å². The van der Waals surface area contributed by atoms with E-state index in [4.69, 9.17) is 18.8 Å². The van der Waals surface area contributed by atoms with E-state index in [0.29, 0.717) is 38.9 Å². The molecule has 0 aromatic rings. The van der Waals surface area contributed by atoms with Crippen LogP contribution in [0.3, 0.4) is 0 Å². The van der Waals surface area contributed by atoms with Gasteiger partial charge < -0.3 is 8.85 Å². The summed E-state index contributed by atoms with van der Waals surface area (Å²) in [6.45, 7) is 32.1. The Morgan fingerprint density at radius 2 is 0.868 bits per heavy atom. The summed E-state index contributed by atoms with van der Waals surface area (Å²) in [5, 5.41) is 24.3. The van der Waals surface area contributed by atoms with Crippen LogP contribution in [0.25, 0.3) is 0 Å². The number of hydrogen-bond acceptors (Lipinski definition) is 8. The standard InChI is InChI=1S/C38H74N4O6Si2.2BrH.Ni/c1-25(2)31-21-29(41(43)44)22-32(26(3)4)37(31)39-35(17-15-19-47-49(9,10)11)36(18-16-20-48-50(12,13)14)40-38-33(27(5)6)23-30(42(45)46)24-34(38)28(7)8;;;/h25-34,37-38H,15-24H2,1-14H3;2*1H;/q;;;+2/p-2. The van der Waals surface area contributed by atoms with Gasteiger partial charge in [-0.25, -0.2) is 0 Å². The molecule has 0 radical (unpaired) electrons. The summed E-state index contributed by atoms with van der Waals surface area (Å²) < 4.78 is 12.6. The van der Waals surface area contributed by atoms with Crippen molar-refractivity contribution < 1.29 is 29.6 Å². The molecule has 53 heavy (non-hydrogen) atoms. The van der Waals surface area contributed by atoms with Crippen LogP contribution in [0.15, 0.2) is 9.98 Å². The molecule has 0 aromatic carbocycles. The summed E-state index contributed by atoms with van der Waals surface area (Å²) in [5.74, 6) is 1.39. The Hall–Kier alpha value is -0.0527. The fraction of sp³-hybridized carbons (Fsp3) is 0.947. The van der Waals surface area contributed by atoms with Crippen molar-refractivity contribution in [3.63, 3.8) is 0 Å². The third-order valence-corrected chi connectivity index (χ3v) is 13.2. The Balaban J connectivity index is 0.00000452. The van der Waals surface area contributed by atoms with E-state index >= 15 is 0 Å². The van der Waals surface area contributed by atoms with Crippen LogP contribution in [0.2, 0.25) is 39.3 Å². The first-order valence-electron chi connectivity index (χ1n) is 19.9. The van der Waals surface area contributed by atoms with E-state index in [2.05, 4.69) is 123 Å². The molecule has 0 spiro atoms. The molecule has 2 fully saturated rings. The average molecular weight is 958 g/mol. The van der Waals surface area contributed by atoms with Crippen LogP contribution in [0.1, 0.15) is 107 Å². The van der Waals surface area contributed by atoms with Gasteiger partial charge in [-0.05, 0) is 112 Å². The van der Waals surface area contributed by atoms with Gasteiger partial charge in [0, 0.05) is 48.7 Å². The molecule has 0 amide bonds. The quantitative estimate of drug-likeness (QED) is 0.0417. The van der Waals surface area contributed by atoms with Crippen LogP contribution in [0.4, 0.5) is 0 Å². The molecule has 2 rings (SSSR count). The van der Waals surface area contributed by atoms with E-state index in [-0.39, 0.29) is 69.3 Å². The second kappa shape index (κ2) is 24.0. The third-order valence-electron chi connectivity index (χ3n) is 11.1. The second-order valence-electron chi connectivity index (χ2n) is 18.8. The van der Waals surface area contributed by atoms with Crippen molar-refractivity contribution in [2.24, 2.45) is 57.3 Å². The van der Waals surface area contributed by atoms with E-state index in [1.807, 2.05) is 0 Å². The molecule has 2 aliphatic carbocycles. The maximum absolute atomic E-state index is 12.1. The molecule has 0 N–H and O–H groups in total. The van der Waals surface area contributed by atoms with Gasteiger partial charge in [-0.3, -0.25) is 30.2 Å². The van der Waals surface area contributed by atoms with Crippen molar-refractivity contribution in [1.29, 1.82) is 0 Å². The molecular weight excluding hydrogens is 883 g/mol. The summed E-state index contributed by atoms with van der Waals surface area (Å²) >= 11 is 6.00. The SMILES string of the molecule is CC(C)C1CC([N+](=O)[O-])CC(C(C)C)C1N=C(CCCO[Si](C)(C)C)C(CCCO[Si](C)(C)C)=NC1C(C(C)C)CC([N+](=O)[O-])CC1C(C)C.[Br][Ni][Br]. The van der Waals surface area contributed by atoms with Gasteiger partial charge in [-0.2, -0.15) is 0 Å². The number of nitrogens with zero attached hydrogens (tertiary/aromatic N) is 4. The zero-order chi connectivity index (χ0) is 40.8. The molecular formula is C38H74Br2N4NiO6Si2. The zero-order valence-corrected chi connectivity index (χ0v) is 41.5. The Morgan fingerprint density at radius 3 is 1.06 bits per heavy atom. The molecule has 2 aliphatic rings. The van der Waals surface area contributed by atoms with Gasteiger partial charge in [-0.1, -0.05) is 55.4 Å². The summed E-state index contributed by atoms with van der Waals surface area (Å²) in [4.78, 5) is 35.6. The maximum atomic E-state index is 12.1. The molecule has 15 heteroatoms. The van der Waals surface area contributed by atoms with Gasteiger partial charge >= 0.3 is 39.3 Å². The Bertz CT molecular complexity index is 1060. The molecule has 4 unspecified atom stereocenters. The zero-order valence-electron chi connectivity index (χ0n) is 35.3. The predicted octanol–water partition coefficient (Wildman–Crippen LogP) is 11.5. The van der Waals surface area contributed by atoms with Gasteiger partial charge in [0.1, 0.15) is 0 Å². The Labute approximate surface area is 345 Å². The van der Waals surface area contributed by atoms with Crippen LogP contribution < -0.4 is 0 Å². The topological polar surface area (TPSA) is 129 Å². The molecule has 0 bridgehead atoms. The second-order valence-corrected chi connectivity index (χ2v) is 32.8. The van der Waals surface area contributed by atoms with Crippen LogP contribution in [0.5, 0.6) is 0 Å². The predicted molar refractivity (Wildman–Crippen MR) is 231 cm³/mol. The van der Waals surface area contributed by atoms with E-state index in [9.17, 15) is 20.2 Å². The molecule has 0 aliphatic heterocycles. The van der Waals surface area contributed by atoms with Gasteiger partial charge in [0.25, 0.3) is 0 Å². The molecule has 0 aromatic heterocycles. The van der Waals surface area contributed by atoms with Crippen molar-refractivity contribution in [2.75, 3.05) is 13.2 Å². The summed E-state index contributed by atoms with van der Waals surface area (Å²) in [6, 6.07) is -1.15. The molecule has 4 atom stereocenters. The fourth-order valence-electron chi connectivity index (χ4n) is 8.20. The molecule has 0 saturated heterocycles. The Kier molecular flexibility index (Phi) is 23.1. The van der Waals surface area contributed by atoms with Crippen molar-refractivity contribution in [1.82, 2.24) is 0 Å². The van der Waals surface area contributed by atoms with Gasteiger partial charge in [0.05, 0.1) is 23.5 Å². The van der Waals surface area contributed by atoms with Crippen LogP contribution in [0, 0.1) is 67.6 Å². The monoisotopic (exact) mass is 954 g/mol. The first-order valence-corrected chi connectivity index (χ1v) is 31.6. The minimum atomic E-state index is -1.71. The summed E-state index contributed by atoms with van der Waals surface area (Å²) in [5.41, 5.74) is 2.03. The summed E-state index contributed by atoms with van der Waals surface area (Å²) in [7, 11) is -2.17. The number of aliphatic imine (C=N–C) groups is 2. The van der Waals surface area contributed by atoms with Crippen LogP contribution >= 0.6 is 28.5 Å². The molecule has 2 saturated carbocycles. The fourth-order valence-corrected chi connectivity index (χ4v) is 9.71. The number of nitro groups is 2. The van der Waals surface area contributed by atoms with E-state index in [1.54, 1.807) is 0 Å². The van der Waals surface area contributed by atoms with Crippen molar-refractivity contribution in [2.45, 2.75) is 170 Å². The van der Waals surface area contributed by atoms with Crippen LogP contribution in [-0.2, 0) is 19.7 Å². The van der Waals surface area contributed by atoms with E-state index < -0.39 is 28.7 Å².